The molecule has 1 rings (SSSR count). The molecule has 16 heavy (non-hydrogen) atoms. The summed E-state index contributed by atoms with van der Waals surface area (Å²) >= 11 is 0. The maximum Gasteiger partial charge on any atom is 0.127 e. The molecule has 0 saturated heterocycles. The molecule has 1 aromatic carbocycles. The fourth-order valence-corrected chi connectivity index (χ4v) is 1.40. The predicted molar refractivity (Wildman–Crippen MR) is 65.9 cm³/mol. The van der Waals surface area contributed by atoms with Crippen LogP contribution in [0.5, 0.6) is 11.5 Å². The van der Waals surface area contributed by atoms with Gasteiger partial charge in [0.25, 0.3) is 0 Å². The highest BCUT2D eigenvalue weighted by atomic mass is 16.5. The van der Waals surface area contributed by atoms with Crippen molar-refractivity contribution in [3.63, 3.8) is 0 Å². The third kappa shape index (κ3) is 3.42. The largest absolute Gasteiger partial charge is 0.497 e. The van der Waals surface area contributed by atoms with Crippen molar-refractivity contribution in [1.29, 1.82) is 0 Å². The summed E-state index contributed by atoms with van der Waals surface area (Å²) < 4.78 is 10.9. The Balaban J connectivity index is 2.91. The average molecular weight is 223 g/mol. The van der Waals surface area contributed by atoms with Gasteiger partial charge < -0.3 is 15.2 Å². The summed E-state index contributed by atoms with van der Waals surface area (Å²) in [5.41, 5.74) is 6.91. The smallest absolute Gasteiger partial charge is 0.127 e. The summed E-state index contributed by atoms with van der Waals surface area (Å²) in [5, 5.41) is 0. The van der Waals surface area contributed by atoms with Crippen molar-refractivity contribution in [2.24, 2.45) is 11.7 Å². The van der Waals surface area contributed by atoms with E-state index >= 15 is 0 Å². The molecule has 0 radical (unpaired) electrons. The molecule has 0 heterocycles. The van der Waals surface area contributed by atoms with Gasteiger partial charge in [-0.25, -0.2) is 0 Å². The van der Waals surface area contributed by atoms with E-state index in [1.807, 2.05) is 25.1 Å². The standard InChI is InChI=1S/C13H21NO2/c1-9(2)8-16-13-7-11(15-4)5-6-12(13)10(3)14/h5-7,9-10H,8,14H2,1-4H3/t10-/m0/s1. The van der Waals surface area contributed by atoms with Gasteiger partial charge in [-0.2, -0.15) is 0 Å². The van der Waals surface area contributed by atoms with Crippen molar-refractivity contribution in [2.45, 2.75) is 26.8 Å². The van der Waals surface area contributed by atoms with E-state index in [4.69, 9.17) is 15.2 Å². The molecule has 0 unspecified atom stereocenters. The minimum Gasteiger partial charge on any atom is -0.497 e. The molecule has 3 heteroatoms. The fraction of sp³-hybridized carbons (Fsp3) is 0.538. The van der Waals surface area contributed by atoms with Crippen molar-refractivity contribution in [3.05, 3.63) is 23.8 Å². The first kappa shape index (κ1) is 12.8. The van der Waals surface area contributed by atoms with Crippen LogP contribution in [-0.2, 0) is 0 Å². The van der Waals surface area contributed by atoms with E-state index in [1.165, 1.54) is 0 Å². The van der Waals surface area contributed by atoms with Gasteiger partial charge in [-0.3, -0.25) is 0 Å². The van der Waals surface area contributed by atoms with E-state index in [-0.39, 0.29) is 6.04 Å². The van der Waals surface area contributed by atoms with E-state index in [1.54, 1.807) is 7.11 Å². The summed E-state index contributed by atoms with van der Waals surface area (Å²) in [6.07, 6.45) is 0. The van der Waals surface area contributed by atoms with Crippen molar-refractivity contribution in [3.8, 4) is 11.5 Å². The highest BCUT2D eigenvalue weighted by molar-refractivity contribution is 5.42. The monoisotopic (exact) mass is 223 g/mol. The van der Waals surface area contributed by atoms with Crippen molar-refractivity contribution >= 4 is 0 Å². The number of benzene rings is 1. The van der Waals surface area contributed by atoms with Crippen LogP contribution < -0.4 is 15.2 Å². The molecule has 2 N–H and O–H groups in total. The summed E-state index contributed by atoms with van der Waals surface area (Å²) in [5.74, 6) is 2.11. The molecule has 0 saturated carbocycles. The first-order valence-corrected chi connectivity index (χ1v) is 5.61. The zero-order valence-corrected chi connectivity index (χ0v) is 10.5. The predicted octanol–water partition coefficient (Wildman–Crippen LogP) is 2.75. The second-order valence-corrected chi connectivity index (χ2v) is 4.40. The molecule has 0 fully saturated rings. The maximum absolute atomic E-state index is 5.89. The maximum atomic E-state index is 5.89. The molecule has 0 spiro atoms. The van der Waals surface area contributed by atoms with E-state index in [2.05, 4.69) is 13.8 Å². The number of ether oxygens (including phenoxy) is 2. The number of methoxy groups -OCH3 is 1. The molecular weight excluding hydrogens is 202 g/mol. The number of hydrogen-bond acceptors (Lipinski definition) is 3. The Hall–Kier alpha value is -1.22. The van der Waals surface area contributed by atoms with E-state index in [0.717, 1.165) is 17.1 Å². The highest BCUT2D eigenvalue weighted by Gasteiger charge is 2.10. The quantitative estimate of drug-likeness (QED) is 0.834. The Morgan fingerprint density at radius 3 is 2.44 bits per heavy atom. The van der Waals surface area contributed by atoms with Crippen LogP contribution in [0.25, 0.3) is 0 Å². The van der Waals surface area contributed by atoms with Gasteiger partial charge in [0.15, 0.2) is 0 Å². The molecule has 0 aliphatic rings. The van der Waals surface area contributed by atoms with Crippen LogP contribution in [0, 0.1) is 5.92 Å². The van der Waals surface area contributed by atoms with E-state index < -0.39 is 0 Å². The first-order chi connectivity index (χ1) is 7.54. The molecule has 0 bridgehead atoms. The summed E-state index contributed by atoms with van der Waals surface area (Å²) in [6, 6.07) is 5.72. The third-order valence-electron chi connectivity index (χ3n) is 2.28. The van der Waals surface area contributed by atoms with Gasteiger partial charge in [-0.15, -0.1) is 0 Å². The van der Waals surface area contributed by atoms with Crippen LogP contribution in [-0.4, -0.2) is 13.7 Å². The lowest BCUT2D eigenvalue weighted by atomic mass is 10.1. The van der Waals surface area contributed by atoms with Crippen LogP contribution in [0.4, 0.5) is 0 Å². The average Bonchev–Trinajstić information content (AvgIpc) is 2.25. The van der Waals surface area contributed by atoms with Crippen molar-refractivity contribution in [2.75, 3.05) is 13.7 Å². The first-order valence-electron chi connectivity index (χ1n) is 5.61. The van der Waals surface area contributed by atoms with Crippen molar-refractivity contribution < 1.29 is 9.47 Å². The normalized spacial score (nSPS) is 12.6. The van der Waals surface area contributed by atoms with Crippen LogP contribution in [0.3, 0.4) is 0 Å². The Morgan fingerprint density at radius 2 is 1.94 bits per heavy atom. The van der Waals surface area contributed by atoms with Gasteiger partial charge >= 0.3 is 0 Å². The summed E-state index contributed by atoms with van der Waals surface area (Å²) in [7, 11) is 1.65. The Labute approximate surface area is 97.6 Å². The van der Waals surface area contributed by atoms with Gasteiger partial charge in [0.05, 0.1) is 13.7 Å². The second-order valence-electron chi connectivity index (χ2n) is 4.40. The molecule has 0 amide bonds. The zero-order valence-electron chi connectivity index (χ0n) is 10.5. The topological polar surface area (TPSA) is 44.5 Å². The van der Waals surface area contributed by atoms with Gasteiger partial charge in [-0.1, -0.05) is 19.9 Å². The van der Waals surface area contributed by atoms with Gasteiger partial charge in [0.2, 0.25) is 0 Å². The minimum atomic E-state index is -0.0342. The third-order valence-corrected chi connectivity index (χ3v) is 2.28. The summed E-state index contributed by atoms with van der Waals surface area (Å²) in [6.45, 7) is 6.87. The fourth-order valence-electron chi connectivity index (χ4n) is 1.40. The Bertz CT molecular complexity index is 335. The molecule has 1 atom stereocenters. The highest BCUT2D eigenvalue weighted by Crippen LogP contribution is 2.28. The molecule has 0 aliphatic carbocycles. The lowest BCUT2D eigenvalue weighted by Crippen LogP contribution is -2.11. The molecular formula is C13H21NO2. The van der Waals surface area contributed by atoms with Gasteiger partial charge in [0.1, 0.15) is 11.5 Å². The summed E-state index contributed by atoms with van der Waals surface area (Å²) in [4.78, 5) is 0. The molecule has 0 aromatic heterocycles. The minimum absolute atomic E-state index is 0.0342. The van der Waals surface area contributed by atoms with Gasteiger partial charge in [-0.05, 0) is 18.9 Å². The number of hydrogen-bond donors (Lipinski definition) is 1. The molecule has 3 nitrogen and oxygen atoms in total. The zero-order chi connectivity index (χ0) is 12.1. The van der Waals surface area contributed by atoms with E-state index in [0.29, 0.717) is 12.5 Å². The van der Waals surface area contributed by atoms with Crippen LogP contribution in [0.2, 0.25) is 0 Å². The Kier molecular flexibility index (Phi) is 4.62. The van der Waals surface area contributed by atoms with E-state index in [9.17, 15) is 0 Å². The lowest BCUT2D eigenvalue weighted by molar-refractivity contribution is 0.266. The Morgan fingerprint density at radius 1 is 1.25 bits per heavy atom. The number of nitrogens with two attached hydrogens (primary N) is 1. The van der Waals surface area contributed by atoms with Gasteiger partial charge in [0, 0.05) is 17.7 Å². The lowest BCUT2D eigenvalue weighted by Gasteiger charge is -2.16. The SMILES string of the molecule is COc1ccc([C@H](C)N)c(OCC(C)C)c1. The van der Waals surface area contributed by atoms with Crippen LogP contribution in [0.15, 0.2) is 18.2 Å². The van der Waals surface area contributed by atoms with Crippen LogP contribution in [0.1, 0.15) is 32.4 Å². The molecule has 90 valence electrons. The number of rotatable bonds is 5. The second kappa shape index (κ2) is 5.75. The van der Waals surface area contributed by atoms with Crippen molar-refractivity contribution in [1.82, 2.24) is 0 Å². The molecule has 1 aromatic rings. The molecule has 0 aliphatic heterocycles. The van der Waals surface area contributed by atoms with Crippen LogP contribution >= 0.6 is 0 Å².